The van der Waals surface area contributed by atoms with Crippen LogP contribution in [-0.2, 0) is 10.2 Å². The Morgan fingerprint density at radius 1 is 1.12 bits per heavy atom. The summed E-state index contributed by atoms with van der Waals surface area (Å²) in [5, 5.41) is 3.32. The molecule has 0 spiro atoms. The molecule has 0 aliphatic heterocycles. The lowest BCUT2D eigenvalue weighted by molar-refractivity contribution is -0.122. The molecule has 2 aromatic rings. The van der Waals surface area contributed by atoms with Crippen molar-refractivity contribution in [3.63, 3.8) is 0 Å². The monoisotopic (exact) mass is 361 g/mol. The van der Waals surface area contributed by atoms with Crippen molar-refractivity contribution >= 4 is 23.2 Å². The zero-order chi connectivity index (χ0) is 18.6. The molecule has 1 N–H and O–H groups in total. The topological polar surface area (TPSA) is 47.6 Å². The van der Waals surface area contributed by atoms with Gasteiger partial charge in [-0.3, -0.25) is 4.79 Å². The van der Waals surface area contributed by atoms with E-state index in [1.54, 1.807) is 32.2 Å². The van der Waals surface area contributed by atoms with E-state index >= 15 is 0 Å². The van der Waals surface area contributed by atoms with Crippen LogP contribution in [0.25, 0.3) is 0 Å². The number of benzene rings is 2. The molecule has 4 nitrogen and oxygen atoms in total. The van der Waals surface area contributed by atoms with E-state index in [2.05, 4.69) is 26.1 Å². The summed E-state index contributed by atoms with van der Waals surface area (Å²) >= 11 is 6.00. The number of amides is 1. The molecule has 25 heavy (non-hydrogen) atoms. The van der Waals surface area contributed by atoms with Gasteiger partial charge in [0, 0.05) is 5.02 Å². The molecule has 0 heterocycles. The van der Waals surface area contributed by atoms with Crippen LogP contribution >= 0.6 is 11.6 Å². The zero-order valence-electron chi connectivity index (χ0n) is 15.2. The van der Waals surface area contributed by atoms with E-state index in [4.69, 9.17) is 21.1 Å². The number of hydrogen-bond donors (Lipinski definition) is 1. The summed E-state index contributed by atoms with van der Waals surface area (Å²) in [6.07, 6.45) is -0.674. The van der Waals surface area contributed by atoms with Crippen LogP contribution < -0.4 is 14.8 Å². The quantitative estimate of drug-likeness (QED) is 0.810. The molecular weight excluding hydrogens is 338 g/mol. The Hall–Kier alpha value is -2.20. The molecule has 0 aliphatic rings. The fourth-order valence-electron chi connectivity index (χ4n) is 2.45. The maximum Gasteiger partial charge on any atom is 0.265 e. The number of methoxy groups -OCH3 is 1. The van der Waals surface area contributed by atoms with Gasteiger partial charge in [-0.15, -0.1) is 0 Å². The molecule has 0 bridgehead atoms. The van der Waals surface area contributed by atoms with Gasteiger partial charge in [0.15, 0.2) is 6.10 Å². The summed E-state index contributed by atoms with van der Waals surface area (Å²) in [6, 6.07) is 12.8. The number of ether oxygens (including phenoxy) is 2. The van der Waals surface area contributed by atoms with E-state index in [9.17, 15) is 4.79 Å². The molecule has 0 radical (unpaired) electrons. The third-order valence-corrected chi connectivity index (χ3v) is 4.02. The highest BCUT2D eigenvalue weighted by Gasteiger charge is 2.22. The van der Waals surface area contributed by atoms with Crippen molar-refractivity contribution in [2.24, 2.45) is 0 Å². The van der Waals surface area contributed by atoms with Gasteiger partial charge in [-0.05, 0) is 42.2 Å². The second-order valence-corrected chi connectivity index (χ2v) is 7.28. The normalized spacial score (nSPS) is 12.4. The van der Waals surface area contributed by atoms with Crippen LogP contribution in [0.5, 0.6) is 11.5 Å². The van der Waals surface area contributed by atoms with E-state index in [1.807, 2.05) is 24.3 Å². The molecule has 134 valence electrons. The number of carbonyl (C=O) groups is 1. The van der Waals surface area contributed by atoms with E-state index in [0.717, 1.165) is 5.56 Å². The van der Waals surface area contributed by atoms with Gasteiger partial charge in [0.25, 0.3) is 5.91 Å². The minimum atomic E-state index is -0.674. The zero-order valence-corrected chi connectivity index (χ0v) is 16.0. The third kappa shape index (κ3) is 4.89. The van der Waals surface area contributed by atoms with Crippen LogP contribution in [0.15, 0.2) is 42.5 Å². The highest BCUT2D eigenvalue weighted by molar-refractivity contribution is 6.31. The average molecular weight is 362 g/mol. The van der Waals surface area contributed by atoms with Crippen molar-refractivity contribution in [2.75, 3.05) is 12.4 Å². The van der Waals surface area contributed by atoms with Gasteiger partial charge in [0.2, 0.25) is 0 Å². The minimum Gasteiger partial charge on any atom is -0.495 e. The molecule has 2 aromatic carbocycles. The lowest BCUT2D eigenvalue weighted by Crippen LogP contribution is -2.31. The standard InChI is InChI=1S/C20H24ClNO3/c1-13(25-17-9-7-6-8-15(17)20(2,3)4)19(23)22-16-12-14(21)10-11-18(16)24-5/h6-13H,1-5H3,(H,22,23). The van der Waals surface area contributed by atoms with Gasteiger partial charge in [-0.1, -0.05) is 50.6 Å². The summed E-state index contributed by atoms with van der Waals surface area (Å²) in [4.78, 5) is 12.5. The van der Waals surface area contributed by atoms with E-state index < -0.39 is 6.10 Å². The molecule has 0 saturated heterocycles. The number of hydrogen-bond acceptors (Lipinski definition) is 3. The van der Waals surface area contributed by atoms with E-state index in [-0.39, 0.29) is 11.3 Å². The number of para-hydroxylation sites is 1. The van der Waals surface area contributed by atoms with Crippen molar-refractivity contribution in [3.05, 3.63) is 53.1 Å². The van der Waals surface area contributed by atoms with Crippen molar-refractivity contribution < 1.29 is 14.3 Å². The van der Waals surface area contributed by atoms with Crippen LogP contribution in [0, 0.1) is 0 Å². The van der Waals surface area contributed by atoms with Crippen LogP contribution in [0.3, 0.4) is 0 Å². The highest BCUT2D eigenvalue weighted by Crippen LogP contribution is 2.32. The molecule has 0 aromatic heterocycles. The van der Waals surface area contributed by atoms with Gasteiger partial charge in [-0.25, -0.2) is 0 Å². The fraction of sp³-hybridized carbons (Fsp3) is 0.350. The highest BCUT2D eigenvalue weighted by atomic mass is 35.5. The predicted molar refractivity (Wildman–Crippen MR) is 102 cm³/mol. The van der Waals surface area contributed by atoms with Crippen LogP contribution in [0.1, 0.15) is 33.3 Å². The minimum absolute atomic E-state index is 0.0804. The van der Waals surface area contributed by atoms with Gasteiger partial charge < -0.3 is 14.8 Å². The largest absolute Gasteiger partial charge is 0.495 e. The van der Waals surface area contributed by atoms with Crippen molar-refractivity contribution in [1.29, 1.82) is 0 Å². The van der Waals surface area contributed by atoms with Crippen LogP contribution in [0.2, 0.25) is 5.02 Å². The third-order valence-electron chi connectivity index (χ3n) is 3.79. The SMILES string of the molecule is COc1ccc(Cl)cc1NC(=O)C(C)Oc1ccccc1C(C)(C)C. The average Bonchev–Trinajstić information content (AvgIpc) is 2.54. The molecule has 0 aliphatic carbocycles. The van der Waals surface area contributed by atoms with Crippen molar-refractivity contribution in [3.8, 4) is 11.5 Å². The first-order valence-electron chi connectivity index (χ1n) is 8.13. The molecular formula is C20H24ClNO3. The van der Waals surface area contributed by atoms with Crippen molar-refractivity contribution in [1.82, 2.24) is 0 Å². The van der Waals surface area contributed by atoms with E-state index in [0.29, 0.717) is 22.2 Å². The Bertz CT molecular complexity index is 753. The summed E-state index contributed by atoms with van der Waals surface area (Å²) < 4.78 is 11.2. The second-order valence-electron chi connectivity index (χ2n) is 6.84. The van der Waals surface area contributed by atoms with Crippen LogP contribution in [-0.4, -0.2) is 19.1 Å². The van der Waals surface area contributed by atoms with E-state index in [1.165, 1.54) is 0 Å². The lowest BCUT2D eigenvalue weighted by Gasteiger charge is -2.24. The molecule has 2 rings (SSSR count). The first kappa shape index (κ1) is 19.1. The summed E-state index contributed by atoms with van der Waals surface area (Å²) in [5.41, 5.74) is 1.48. The predicted octanol–water partition coefficient (Wildman–Crippen LogP) is 5.05. The molecule has 0 fully saturated rings. The number of carbonyl (C=O) groups excluding carboxylic acids is 1. The van der Waals surface area contributed by atoms with Crippen LogP contribution in [0.4, 0.5) is 5.69 Å². The maximum absolute atomic E-state index is 12.5. The number of rotatable bonds is 5. The number of nitrogens with one attached hydrogen (secondary N) is 1. The smallest absolute Gasteiger partial charge is 0.265 e. The Morgan fingerprint density at radius 2 is 1.80 bits per heavy atom. The Morgan fingerprint density at radius 3 is 2.44 bits per heavy atom. The molecule has 1 unspecified atom stereocenters. The Balaban J connectivity index is 2.16. The second kappa shape index (κ2) is 7.79. The van der Waals surface area contributed by atoms with Gasteiger partial charge in [0.1, 0.15) is 11.5 Å². The molecule has 1 atom stereocenters. The Kier molecular flexibility index (Phi) is 5.96. The number of halogens is 1. The van der Waals surface area contributed by atoms with Gasteiger partial charge in [-0.2, -0.15) is 0 Å². The summed E-state index contributed by atoms with van der Waals surface area (Å²) in [5.74, 6) is 0.972. The maximum atomic E-state index is 12.5. The molecule has 5 heteroatoms. The first-order valence-corrected chi connectivity index (χ1v) is 8.50. The lowest BCUT2D eigenvalue weighted by atomic mass is 9.86. The van der Waals surface area contributed by atoms with Crippen molar-refractivity contribution in [2.45, 2.75) is 39.2 Å². The summed E-state index contributed by atoms with van der Waals surface area (Å²) in [6.45, 7) is 8.04. The Labute approximate surface area is 154 Å². The fourth-order valence-corrected chi connectivity index (χ4v) is 2.62. The molecule has 0 saturated carbocycles. The first-order chi connectivity index (χ1) is 11.7. The number of anilines is 1. The van der Waals surface area contributed by atoms with Gasteiger partial charge >= 0.3 is 0 Å². The summed E-state index contributed by atoms with van der Waals surface area (Å²) in [7, 11) is 1.54. The van der Waals surface area contributed by atoms with Gasteiger partial charge in [0.05, 0.1) is 12.8 Å². The molecule has 1 amide bonds.